The second kappa shape index (κ2) is 11.8. The van der Waals surface area contributed by atoms with Gasteiger partial charge in [0, 0.05) is 65.2 Å². The second-order valence-electron chi connectivity index (χ2n) is 12.6. The van der Waals surface area contributed by atoms with Gasteiger partial charge in [-0.3, -0.25) is 28.8 Å². The summed E-state index contributed by atoms with van der Waals surface area (Å²) in [6, 6.07) is 5.13. The number of fused-ring (bicyclic) bond motifs is 2. The Morgan fingerprint density at radius 3 is 2.33 bits per heavy atom. The highest BCUT2D eigenvalue weighted by Gasteiger charge is 2.46. The molecular formula is C29H41N7O6S. The van der Waals surface area contributed by atoms with E-state index in [-0.39, 0.29) is 41.8 Å². The largest absolute Gasteiger partial charge is 0.342 e. The molecule has 1 aromatic heterocycles. The number of hydrogen-bond donors (Lipinski definition) is 2. The van der Waals surface area contributed by atoms with Gasteiger partial charge in [0.1, 0.15) is 6.04 Å². The molecule has 0 saturated carbocycles. The van der Waals surface area contributed by atoms with Crippen LogP contribution in [-0.2, 0) is 38.1 Å². The van der Waals surface area contributed by atoms with E-state index in [0.29, 0.717) is 70.5 Å². The number of nitrogens with zero attached hydrogens (tertiary/aromatic N) is 5. The topological polar surface area (TPSA) is 160 Å². The second-order valence-corrected chi connectivity index (χ2v) is 14.5. The summed E-state index contributed by atoms with van der Waals surface area (Å²) >= 11 is 0. The third-order valence-corrected chi connectivity index (χ3v) is 11.7. The van der Waals surface area contributed by atoms with Crippen molar-refractivity contribution in [2.75, 3.05) is 39.3 Å². The van der Waals surface area contributed by atoms with Crippen molar-refractivity contribution in [3.63, 3.8) is 0 Å². The number of aryl methyl sites for hydroxylation is 2. The molecule has 43 heavy (non-hydrogen) atoms. The van der Waals surface area contributed by atoms with E-state index in [1.54, 1.807) is 15.7 Å². The number of likely N-dealkylation sites (tertiary alicyclic amines) is 1. The van der Waals surface area contributed by atoms with Crippen molar-refractivity contribution in [2.24, 2.45) is 24.6 Å². The minimum absolute atomic E-state index is 0.0718. The number of carbonyl (C=O) groups excluding carboxylic acids is 3. The van der Waals surface area contributed by atoms with Crippen molar-refractivity contribution in [1.82, 2.24) is 28.0 Å². The first kappa shape index (κ1) is 30.0. The van der Waals surface area contributed by atoms with Crippen LogP contribution in [0.15, 0.2) is 23.0 Å². The number of amides is 3. The van der Waals surface area contributed by atoms with Crippen LogP contribution in [-0.4, -0.2) is 94.1 Å². The van der Waals surface area contributed by atoms with Gasteiger partial charge in [0.15, 0.2) is 0 Å². The molecule has 2 aromatic rings. The zero-order chi connectivity index (χ0) is 30.5. The third kappa shape index (κ3) is 5.77. The van der Waals surface area contributed by atoms with E-state index in [1.807, 2.05) is 23.1 Å². The Kier molecular flexibility index (Phi) is 8.22. The number of hydrogen-bond acceptors (Lipinski definition) is 7. The van der Waals surface area contributed by atoms with E-state index in [1.165, 1.54) is 9.13 Å². The Labute approximate surface area is 251 Å². The highest BCUT2D eigenvalue weighted by atomic mass is 32.2. The molecule has 0 radical (unpaired) electrons. The van der Waals surface area contributed by atoms with Crippen LogP contribution in [0.1, 0.15) is 56.6 Å². The van der Waals surface area contributed by atoms with Gasteiger partial charge in [-0.1, -0.05) is 6.07 Å². The van der Waals surface area contributed by atoms with Gasteiger partial charge in [-0.25, -0.2) is 4.79 Å². The Morgan fingerprint density at radius 1 is 0.953 bits per heavy atom. The molecule has 0 bridgehead atoms. The van der Waals surface area contributed by atoms with E-state index < -0.39 is 22.2 Å². The summed E-state index contributed by atoms with van der Waals surface area (Å²) in [5.41, 5.74) is 8.08. The molecule has 1 aromatic carbocycles. The fraction of sp³-hybridized carbons (Fsp3) is 0.655. The van der Waals surface area contributed by atoms with Gasteiger partial charge >= 0.3 is 5.69 Å². The van der Waals surface area contributed by atoms with E-state index in [2.05, 4.69) is 5.32 Å². The van der Waals surface area contributed by atoms with Gasteiger partial charge in [0.25, 0.3) is 10.2 Å². The summed E-state index contributed by atoms with van der Waals surface area (Å²) in [6.07, 6.45) is 4.61. The number of unbranched alkanes of at least 4 members (excludes halogenated alkanes) is 1. The highest BCUT2D eigenvalue weighted by molar-refractivity contribution is 7.86. The van der Waals surface area contributed by atoms with Crippen molar-refractivity contribution >= 4 is 39.0 Å². The lowest BCUT2D eigenvalue weighted by Gasteiger charge is -2.33. The van der Waals surface area contributed by atoms with Crippen LogP contribution in [0.2, 0.25) is 0 Å². The van der Waals surface area contributed by atoms with Crippen LogP contribution < -0.4 is 16.7 Å². The smallest absolute Gasteiger partial charge is 0.329 e. The van der Waals surface area contributed by atoms with Gasteiger partial charge in [-0.05, 0) is 68.1 Å². The predicted molar refractivity (Wildman–Crippen MR) is 159 cm³/mol. The molecule has 234 valence electrons. The van der Waals surface area contributed by atoms with Crippen molar-refractivity contribution in [3.8, 4) is 0 Å². The molecule has 6 rings (SSSR count). The average Bonchev–Trinajstić information content (AvgIpc) is 3.63. The first-order valence-corrected chi connectivity index (χ1v) is 16.7. The molecular weight excluding hydrogens is 574 g/mol. The molecule has 3 atom stereocenters. The molecule has 4 aliphatic heterocycles. The summed E-state index contributed by atoms with van der Waals surface area (Å²) in [6.45, 7) is 3.09. The van der Waals surface area contributed by atoms with Crippen molar-refractivity contribution < 1.29 is 22.8 Å². The molecule has 4 aliphatic rings. The number of piperidine rings is 2. The summed E-state index contributed by atoms with van der Waals surface area (Å²) in [5, 5.41) is 2.33. The molecule has 3 amide bonds. The van der Waals surface area contributed by atoms with Crippen LogP contribution in [0.4, 0.5) is 0 Å². The molecule has 14 heteroatoms. The van der Waals surface area contributed by atoms with Crippen molar-refractivity contribution in [3.05, 3.63) is 34.2 Å². The number of imide groups is 1. The fourth-order valence-electron chi connectivity index (χ4n) is 7.17. The molecule has 5 heterocycles. The average molecular weight is 616 g/mol. The maximum Gasteiger partial charge on any atom is 0.329 e. The third-order valence-electron chi connectivity index (χ3n) is 9.74. The van der Waals surface area contributed by atoms with Gasteiger partial charge < -0.3 is 10.6 Å². The first-order valence-electron chi connectivity index (χ1n) is 15.3. The number of rotatable bonds is 8. The van der Waals surface area contributed by atoms with Crippen molar-refractivity contribution in [2.45, 2.75) is 63.5 Å². The molecule has 4 saturated heterocycles. The number of aromatic nitrogens is 2. The van der Waals surface area contributed by atoms with Gasteiger partial charge in [0.2, 0.25) is 17.7 Å². The summed E-state index contributed by atoms with van der Waals surface area (Å²) in [4.78, 5) is 51.9. The SMILES string of the molecule is Cn1c(=O)n(C2CCC(=O)NC2=O)c2ccc(CCCCC(=O)N3CC4CN(S(=O)(=O)N5CCC(N)CC5)CC4C3)cc21. The molecule has 0 aliphatic carbocycles. The van der Waals surface area contributed by atoms with E-state index >= 15 is 0 Å². The van der Waals surface area contributed by atoms with E-state index in [9.17, 15) is 27.6 Å². The normalized spacial score (nSPS) is 25.9. The van der Waals surface area contributed by atoms with Crippen LogP contribution >= 0.6 is 0 Å². The number of imidazole rings is 1. The molecule has 0 spiro atoms. The molecule has 13 nitrogen and oxygen atoms in total. The first-order chi connectivity index (χ1) is 20.5. The van der Waals surface area contributed by atoms with Crippen LogP contribution in [0.5, 0.6) is 0 Å². The Hall–Kier alpha value is -3.07. The standard InChI is InChI=1S/C29H41N7O6S/c1-32-25-14-19(6-7-23(25)36(29(32)40)24-8-9-26(37)31-28(24)39)4-2-3-5-27(38)33-15-20-17-35(18-21(20)16-33)43(41,42)34-12-10-22(30)11-13-34/h6-7,14,20-22,24H,2-5,8-13,15-18,30H2,1H3,(H,31,37,39). The maximum atomic E-state index is 13.1. The summed E-state index contributed by atoms with van der Waals surface area (Å²) in [5.74, 6) is -0.299. The zero-order valence-electron chi connectivity index (χ0n) is 24.6. The minimum Gasteiger partial charge on any atom is -0.342 e. The number of nitrogens with one attached hydrogen (secondary N) is 1. The van der Waals surface area contributed by atoms with Gasteiger partial charge in [-0.2, -0.15) is 17.0 Å². The van der Waals surface area contributed by atoms with E-state index in [0.717, 1.165) is 30.3 Å². The van der Waals surface area contributed by atoms with Gasteiger partial charge in [-0.15, -0.1) is 0 Å². The lowest BCUT2D eigenvalue weighted by molar-refractivity contribution is -0.136. The lowest BCUT2D eigenvalue weighted by atomic mass is 10.0. The minimum atomic E-state index is -3.48. The number of nitrogens with two attached hydrogens (primary N) is 1. The summed E-state index contributed by atoms with van der Waals surface area (Å²) < 4.78 is 32.4. The van der Waals surface area contributed by atoms with Crippen molar-refractivity contribution in [1.29, 1.82) is 0 Å². The Bertz CT molecular complexity index is 1580. The predicted octanol–water partition coefficient (Wildman–Crippen LogP) is 0.0886. The lowest BCUT2D eigenvalue weighted by Crippen LogP contribution is -2.49. The number of carbonyl (C=O) groups is 3. The zero-order valence-corrected chi connectivity index (χ0v) is 25.4. The molecule has 4 fully saturated rings. The highest BCUT2D eigenvalue weighted by Crippen LogP contribution is 2.34. The maximum absolute atomic E-state index is 13.1. The molecule has 3 N–H and O–H groups in total. The molecule has 3 unspecified atom stereocenters. The van der Waals surface area contributed by atoms with Crippen LogP contribution in [0.25, 0.3) is 11.0 Å². The van der Waals surface area contributed by atoms with Crippen LogP contribution in [0.3, 0.4) is 0 Å². The Morgan fingerprint density at radius 2 is 1.65 bits per heavy atom. The number of benzene rings is 1. The van der Waals surface area contributed by atoms with Gasteiger partial charge in [0.05, 0.1) is 11.0 Å². The summed E-state index contributed by atoms with van der Waals surface area (Å²) in [7, 11) is -1.80. The van der Waals surface area contributed by atoms with Crippen LogP contribution in [0, 0.1) is 11.8 Å². The quantitative estimate of drug-likeness (QED) is 0.314. The fourth-order valence-corrected chi connectivity index (χ4v) is 8.93. The van der Waals surface area contributed by atoms with E-state index in [4.69, 9.17) is 5.73 Å². The monoisotopic (exact) mass is 615 g/mol. The Balaban J connectivity index is 0.986.